The van der Waals surface area contributed by atoms with E-state index < -0.39 is 18.0 Å². The number of H-pyrrole nitrogens is 1. The number of phenols is 1. The van der Waals surface area contributed by atoms with Crippen molar-refractivity contribution in [3.63, 3.8) is 0 Å². The first-order valence-corrected chi connectivity index (χ1v) is 14.1. The van der Waals surface area contributed by atoms with Gasteiger partial charge in [-0.3, -0.25) is 9.67 Å². The Balaban J connectivity index is 0.000000537. The number of anilines is 1. The fraction of sp³-hybridized carbons (Fsp3) is 0.200. The number of nitrogens with zero attached hydrogens (tertiary/aromatic N) is 5. The van der Waals surface area contributed by atoms with Gasteiger partial charge in [0.15, 0.2) is 0 Å². The molecular formula is C30H26ClF4N7O4. The van der Waals surface area contributed by atoms with E-state index in [1.165, 1.54) is 21.3 Å². The van der Waals surface area contributed by atoms with Crippen LogP contribution in [0.3, 0.4) is 0 Å². The van der Waals surface area contributed by atoms with Gasteiger partial charge in [0.25, 0.3) is 0 Å². The number of carbonyl (C=O) groups is 1. The maximum atomic E-state index is 15.1. The number of pyridine rings is 1. The Morgan fingerprint density at radius 3 is 2.24 bits per heavy atom. The molecule has 0 unspecified atom stereocenters. The summed E-state index contributed by atoms with van der Waals surface area (Å²) in [5.74, 6) is -2.63. The number of aliphatic carboxylic acids is 1. The first-order valence-electron chi connectivity index (χ1n) is 13.7. The number of piperazine rings is 1. The molecule has 0 spiro atoms. The molecule has 3 aromatic heterocycles. The molecule has 0 bridgehead atoms. The molecule has 6 rings (SSSR count). The molecule has 4 heterocycles. The molecule has 2 aromatic carbocycles. The van der Waals surface area contributed by atoms with E-state index in [-0.39, 0.29) is 22.0 Å². The maximum Gasteiger partial charge on any atom is 0.490 e. The van der Waals surface area contributed by atoms with Gasteiger partial charge in [0, 0.05) is 68.5 Å². The number of aromatic hydroxyl groups is 1. The average molecular weight is 660 g/mol. The maximum absolute atomic E-state index is 15.1. The van der Waals surface area contributed by atoms with E-state index in [9.17, 15) is 23.1 Å². The van der Waals surface area contributed by atoms with Crippen LogP contribution in [0.5, 0.6) is 5.75 Å². The van der Waals surface area contributed by atoms with Crippen LogP contribution in [0.25, 0.3) is 39.2 Å². The van der Waals surface area contributed by atoms with Gasteiger partial charge in [-0.1, -0.05) is 17.7 Å². The lowest BCUT2D eigenvalue weighted by Gasteiger charge is -2.29. The minimum Gasteiger partial charge on any atom is -0.507 e. The molecule has 4 N–H and O–H groups in total. The van der Waals surface area contributed by atoms with Gasteiger partial charge in [-0.2, -0.15) is 18.3 Å². The van der Waals surface area contributed by atoms with Crippen molar-refractivity contribution in [2.75, 3.05) is 31.1 Å². The monoisotopic (exact) mass is 659 g/mol. The molecule has 0 amide bonds. The predicted octanol–water partition coefficient (Wildman–Crippen LogP) is 4.84. The Kier molecular flexibility index (Phi) is 9.16. The average Bonchev–Trinajstić information content (AvgIpc) is 3.69. The number of aryl methyl sites for hydroxylation is 1. The van der Waals surface area contributed by atoms with Gasteiger partial charge >= 0.3 is 17.8 Å². The first kappa shape index (κ1) is 32.2. The summed E-state index contributed by atoms with van der Waals surface area (Å²) < 4.78 is 49.7. The molecule has 11 nitrogen and oxygen atoms in total. The summed E-state index contributed by atoms with van der Waals surface area (Å²) in [5, 5.41) is 29.0. The van der Waals surface area contributed by atoms with Crippen molar-refractivity contribution in [3.05, 3.63) is 88.6 Å². The molecular weight excluding hydrogens is 634 g/mol. The second kappa shape index (κ2) is 13.1. The lowest BCUT2D eigenvalue weighted by Crippen LogP contribution is -2.43. The lowest BCUT2D eigenvalue weighted by atomic mass is 9.96. The third-order valence-corrected chi connectivity index (χ3v) is 7.44. The van der Waals surface area contributed by atoms with Crippen LogP contribution < -0.4 is 15.9 Å². The molecule has 1 saturated heterocycles. The molecule has 1 aliphatic rings. The van der Waals surface area contributed by atoms with E-state index in [0.29, 0.717) is 28.1 Å². The zero-order chi connectivity index (χ0) is 33.2. The summed E-state index contributed by atoms with van der Waals surface area (Å²) in [6.45, 7) is 3.20. The van der Waals surface area contributed by atoms with Crippen LogP contribution >= 0.6 is 11.6 Å². The van der Waals surface area contributed by atoms with E-state index in [0.717, 1.165) is 37.6 Å². The summed E-state index contributed by atoms with van der Waals surface area (Å²) in [6, 6.07) is 11.3. The Morgan fingerprint density at radius 2 is 1.67 bits per heavy atom. The second-order valence-electron chi connectivity index (χ2n) is 10.2. The van der Waals surface area contributed by atoms with Crippen molar-refractivity contribution >= 4 is 23.4 Å². The van der Waals surface area contributed by atoms with Crippen molar-refractivity contribution in [1.82, 2.24) is 29.6 Å². The van der Waals surface area contributed by atoms with E-state index in [1.807, 2.05) is 12.1 Å². The molecule has 5 aromatic rings. The minimum atomic E-state index is -5.08. The first-order chi connectivity index (χ1) is 21.8. The minimum absolute atomic E-state index is 0.0901. The van der Waals surface area contributed by atoms with Crippen LogP contribution in [0, 0.1) is 5.82 Å². The summed E-state index contributed by atoms with van der Waals surface area (Å²) in [4.78, 5) is 28.3. The third-order valence-electron chi connectivity index (χ3n) is 7.14. The number of aromatic nitrogens is 5. The van der Waals surface area contributed by atoms with Crippen LogP contribution in [0.4, 0.5) is 23.4 Å². The van der Waals surface area contributed by atoms with Crippen LogP contribution in [0.15, 0.2) is 72.0 Å². The molecule has 1 aliphatic heterocycles. The van der Waals surface area contributed by atoms with Gasteiger partial charge in [0.2, 0.25) is 0 Å². The van der Waals surface area contributed by atoms with Crippen molar-refractivity contribution < 1.29 is 32.6 Å². The molecule has 16 heteroatoms. The number of carboxylic acids is 1. The van der Waals surface area contributed by atoms with Crippen molar-refractivity contribution in [3.8, 4) is 44.9 Å². The fourth-order valence-corrected chi connectivity index (χ4v) is 5.09. The van der Waals surface area contributed by atoms with Crippen LogP contribution in [-0.4, -0.2) is 72.9 Å². The largest absolute Gasteiger partial charge is 0.507 e. The van der Waals surface area contributed by atoms with E-state index in [1.54, 1.807) is 50.0 Å². The molecule has 0 saturated carbocycles. The number of hydrogen-bond acceptors (Lipinski definition) is 7. The summed E-state index contributed by atoms with van der Waals surface area (Å²) in [5.41, 5.74) is 3.42. The molecule has 1 fully saturated rings. The van der Waals surface area contributed by atoms with Crippen LogP contribution in [-0.2, 0) is 11.8 Å². The van der Waals surface area contributed by atoms with Gasteiger partial charge in [-0.05, 0) is 47.5 Å². The Labute approximate surface area is 263 Å². The number of hydrogen-bond donors (Lipinski definition) is 4. The Morgan fingerprint density at radius 1 is 1.00 bits per heavy atom. The van der Waals surface area contributed by atoms with E-state index >= 15 is 4.39 Å². The number of halogens is 5. The summed E-state index contributed by atoms with van der Waals surface area (Å²) >= 11 is 6.56. The number of nitrogens with one attached hydrogen (secondary N) is 2. The number of rotatable bonds is 5. The highest BCUT2D eigenvalue weighted by Crippen LogP contribution is 2.42. The van der Waals surface area contributed by atoms with Gasteiger partial charge in [0.05, 0.1) is 22.6 Å². The number of carboxylic acid groups (broad SMARTS) is 1. The van der Waals surface area contributed by atoms with E-state index in [4.69, 9.17) is 26.5 Å². The normalized spacial score (nSPS) is 13.3. The van der Waals surface area contributed by atoms with Gasteiger partial charge in [0.1, 0.15) is 17.4 Å². The molecule has 240 valence electrons. The molecule has 46 heavy (non-hydrogen) atoms. The van der Waals surface area contributed by atoms with Crippen molar-refractivity contribution in [2.45, 2.75) is 6.18 Å². The number of benzene rings is 2. The second-order valence-corrected chi connectivity index (χ2v) is 10.6. The summed E-state index contributed by atoms with van der Waals surface area (Å²) in [7, 11) is 1.65. The molecule has 0 atom stereocenters. The highest BCUT2D eigenvalue weighted by Gasteiger charge is 2.38. The topological polar surface area (TPSA) is 141 Å². The Hall–Kier alpha value is -5.15. The van der Waals surface area contributed by atoms with Crippen LogP contribution in [0.2, 0.25) is 5.02 Å². The standard InChI is InChI=1S/C28H25ClFN7O2.C2HF3O2/c1-35-8-9-37(28(35)39)25-3-2-17(10-23(25)29)21-13-20(30)14-22(27(21)38)18-11-24(19-15-32-33-16-19)34-26(12-18)36-6-4-31-5-7-36;3-2(4,5)1(6)7/h2-3,8-16,31,38H,4-7H2,1H3,(H,32,33);(H,6,7). The van der Waals surface area contributed by atoms with Gasteiger partial charge in [-0.25, -0.2) is 19.0 Å². The predicted molar refractivity (Wildman–Crippen MR) is 163 cm³/mol. The Bertz CT molecular complexity index is 1930. The number of phenolic OH excluding ortho intramolecular Hbond substituents is 1. The van der Waals surface area contributed by atoms with Crippen molar-refractivity contribution in [2.24, 2.45) is 7.05 Å². The summed E-state index contributed by atoms with van der Waals surface area (Å²) in [6.07, 6.45) is 1.59. The smallest absolute Gasteiger partial charge is 0.490 e. The number of aromatic amines is 1. The van der Waals surface area contributed by atoms with Gasteiger partial charge in [-0.15, -0.1) is 0 Å². The highest BCUT2D eigenvalue weighted by atomic mass is 35.5. The zero-order valence-corrected chi connectivity index (χ0v) is 24.8. The lowest BCUT2D eigenvalue weighted by molar-refractivity contribution is -0.192. The van der Waals surface area contributed by atoms with Crippen LogP contribution in [0.1, 0.15) is 0 Å². The quantitative estimate of drug-likeness (QED) is 0.197. The van der Waals surface area contributed by atoms with Crippen molar-refractivity contribution in [1.29, 1.82) is 0 Å². The SMILES string of the molecule is Cn1ccn(-c2ccc(-c3cc(F)cc(-c4cc(-c5cn[nH]c5)nc(N5CCNCC5)c4)c3O)cc2Cl)c1=O.O=C(O)C(F)(F)F. The van der Waals surface area contributed by atoms with Gasteiger partial charge < -0.3 is 25.0 Å². The molecule has 0 aliphatic carbocycles. The number of imidazole rings is 1. The zero-order valence-electron chi connectivity index (χ0n) is 24.0. The fourth-order valence-electron chi connectivity index (χ4n) is 4.82. The molecule has 0 radical (unpaired) electrons. The third kappa shape index (κ3) is 6.89. The highest BCUT2D eigenvalue weighted by molar-refractivity contribution is 6.32. The number of alkyl halides is 3. The van der Waals surface area contributed by atoms with E-state index in [2.05, 4.69) is 20.4 Å².